The molecule has 7 nitrogen and oxygen atoms in total. The van der Waals surface area contributed by atoms with Gasteiger partial charge in [0.15, 0.2) is 0 Å². The average molecular weight is 377 g/mol. The van der Waals surface area contributed by atoms with Crippen LogP contribution in [0.1, 0.15) is 17.3 Å². The van der Waals surface area contributed by atoms with Crippen LogP contribution in [0.25, 0.3) is 10.9 Å². The largest absolute Gasteiger partial charge is 0.465 e. The maximum Gasteiger partial charge on any atom is 0.339 e. The predicted octanol–water partition coefficient (Wildman–Crippen LogP) is 3.01. The fourth-order valence-corrected chi connectivity index (χ4v) is 2.89. The SMILES string of the molecule is COC(=O)c1ccccc1NC(=O)CN(C(C)=O)c1cccc2cccnc12. The molecule has 0 aliphatic rings. The predicted molar refractivity (Wildman–Crippen MR) is 106 cm³/mol. The number of amides is 2. The molecule has 0 fully saturated rings. The van der Waals surface area contributed by atoms with Crippen LogP contribution in [0.3, 0.4) is 0 Å². The number of carbonyl (C=O) groups excluding carboxylic acids is 3. The van der Waals surface area contributed by atoms with Crippen LogP contribution in [0.5, 0.6) is 0 Å². The number of methoxy groups -OCH3 is 1. The molecule has 1 N–H and O–H groups in total. The molecule has 0 bridgehead atoms. The lowest BCUT2D eigenvalue weighted by Crippen LogP contribution is -2.37. The van der Waals surface area contributed by atoms with Crippen LogP contribution in [0.2, 0.25) is 0 Å². The molecule has 0 aliphatic carbocycles. The molecule has 0 radical (unpaired) electrons. The first-order chi connectivity index (χ1) is 13.5. The van der Waals surface area contributed by atoms with Gasteiger partial charge in [-0.1, -0.05) is 30.3 Å². The first-order valence-corrected chi connectivity index (χ1v) is 8.60. The van der Waals surface area contributed by atoms with Crippen LogP contribution in [0, 0.1) is 0 Å². The summed E-state index contributed by atoms with van der Waals surface area (Å²) in [5, 5.41) is 3.54. The average Bonchev–Trinajstić information content (AvgIpc) is 2.71. The molecule has 1 aromatic heterocycles. The molecule has 0 saturated heterocycles. The van der Waals surface area contributed by atoms with E-state index in [9.17, 15) is 14.4 Å². The molecule has 7 heteroatoms. The van der Waals surface area contributed by atoms with Gasteiger partial charge in [0.25, 0.3) is 0 Å². The number of rotatable bonds is 5. The molecular weight excluding hydrogens is 358 g/mol. The Bertz CT molecular complexity index is 1040. The normalized spacial score (nSPS) is 10.4. The van der Waals surface area contributed by atoms with Crippen molar-refractivity contribution in [3.05, 3.63) is 66.4 Å². The van der Waals surface area contributed by atoms with E-state index in [-0.39, 0.29) is 18.0 Å². The van der Waals surface area contributed by atoms with Gasteiger partial charge in [-0.15, -0.1) is 0 Å². The fourth-order valence-electron chi connectivity index (χ4n) is 2.89. The maximum atomic E-state index is 12.6. The number of nitrogens with one attached hydrogen (secondary N) is 1. The molecule has 0 aliphatic heterocycles. The molecule has 1 heterocycles. The van der Waals surface area contributed by atoms with Crippen LogP contribution >= 0.6 is 0 Å². The zero-order valence-electron chi connectivity index (χ0n) is 15.5. The summed E-state index contributed by atoms with van der Waals surface area (Å²) in [4.78, 5) is 42.4. The lowest BCUT2D eigenvalue weighted by molar-refractivity contribution is -0.120. The van der Waals surface area contributed by atoms with Crippen LogP contribution in [0.4, 0.5) is 11.4 Å². The van der Waals surface area contributed by atoms with Gasteiger partial charge in [-0.2, -0.15) is 0 Å². The Morgan fingerprint density at radius 1 is 1.04 bits per heavy atom. The molecular formula is C21H19N3O4. The fraction of sp³-hybridized carbons (Fsp3) is 0.143. The van der Waals surface area contributed by atoms with Gasteiger partial charge in [-0.25, -0.2) is 4.79 Å². The zero-order chi connectivity index (χ0) is 20.1. The zero-order valence-corrected chi connectivity index (χ0v) is 15.5. The lowest BCUT2D eigenvalue weighted by Gasteiger charge is -2.22. The molecule has 0 atom stereocenters. The molecule has 3 aromatic rings. The first kappa shape index (κ1) is 19.0. The van der Waals surface area contributed by atoms with Crippen molar-refractivity contribution >= 4 is 40.1 Å². The summed E-state index contributed by atoms with van der Waals surface area (Å²) in [6.45, 7) is 1.16. The van der Waals surface area contributed by atoms with Crippen molar-refractivity contribution in [3.8, 4) is 0 Å². The summed E-state index contributed by atoms with van der Waals surface area (Å²) < 4.78 is 4.73. The number of esters is 1. The monoisotopic (exact) mass is 377 g/mol. The second-order valence-electron chi connectivity index (χ2n) is 6.04. The number of nitrogens with zero attached hydrogens (tertiary/aromatic N) is 2. The van der Waals surface area contributed by atoms with Crippen molar-refractivity contribution in [1.82, 2.24) is 4.98 Å². The number of para-hydroxylation sites is 2. The Balaban J connectivity index is 1.87. The standard InChI is InChI=1S/C21H19N3O4/c1-14(25)24(18-11-5-7-15-8-6-12-22-20(15)18)13-19(26)23-17-10-4-3-9-16(17)21(27)28-2/h3-12H,13H2,1-2H3,(H,23,26). The number of hydrogen-bond acceptors (Lipinski definition) is 5. The van der Waals surface area contributed by atoms with Crippen molar-refractivity contribution in [2.45, 2.75) is 6.92 Å². The highest BCUT2D eigenvalue weighted by Crippen LogP contribution is 2.25. The van der Waals surface area contributed by atoms with E-state index in [0.29, 0.717) is 16.9 Å². The number of ether oxygens (including phenoxy) is 1. The third-order valence-corrected chi connectivity index (χ3v) is 4.19. The molecule has 142 valence electrons. The molecule has 0 saturated carbocycles. The topological polar surface area (TPSA) is 88.6 Å². The van der Waals surface area contributed by atoms with Crippen LogP contribution in [-0.2, 0) is 14.3 Å². The quantitative estimate of drug-likeness (QED) is 0.691. The molecule has 2 aromatic carbocycles. The highest BCUT2D eigenvalue weighted by Gasteiger charge is 2.20. The van der Waals surface area contributed by atoms with Gasteiger partial charge in [0.05, 0.1) is 29.6 Å². The molecule has 3 rings (SSSR count). The van der Waals surface area contributed by atoms with Crippen molar-refractivity contribution in [1.29, 1.82) is 0 Å². The number of pyridine rings is 1. The minimum absolute atomic E-state index is 0.222. The Kier molecular flexibility index (Phi) is 5.64. The van der Waals surface area contributed by atoms with Crippen molar-refractivity contribution in [2.75, 3.05) is 23.9 Å². The minimum Gasteiger partial charge on any atom is -0.465 e. The number of benzene rings is 2. The third kappa shape index (κ3) is 3.98. The number of hydrogen-bond donors (Lipinski definition) is 1. The summed E-state index contributed by atoms with van der Waals surface area (Å²) in [5.41, 5.74) is 1.73. The smallest absolute Gasteiger partial charge is 0.339 e. The van der Waals surface area contributed by atoms with Crippen LogP contribution in [-0.4, -0.2) is 36.4 Å². The minimum atomic E-state index is -0.558. The van der Waals surface area contributed by atoms with E-state index in [1.807, 2.05) is 12.1 Å². The van der Waals surface area contributed by atoms with E-state index in [4.69, 9.17) is 4.74 Å². The summed E-state index contributed by atoms with van der Waals surface area (Å²) in [5.74, 6) is -1.30. The second-order valence-corrected chi connectivity index (χ2v) is 6.04. The first-order valence-electron chi connectivity index (χ1n) is 8.60. The van der Waals surface area contributed by atoms with Gasteiger partial charge in [0.1, 0.15) is 6.54 Å². The van der Waals surface area contributed by atoms with Crippen molar-refractivity contribution in [2.24, 2.45) is 0 Å². The van der Waals surface area contributed by atoms with Crippen molar-refractivity contribution < 1.29 is 19.1 Å². The Labute approximate surface area is 161 Å². The van der Waals surface area contributed by atoms with E-state index >= 15 is 0 Å². The highest BCUT2D eigenvalue weighted by atomic mass is 16.5. The summed E-state index contributed by atoms with van der Waals surface area (Å²) in [6, 6.07) is 15.6. The summed E-state index contributed by atoms with van der Waals surface area (Å²) in [7, 11) is 1.27. The number of anilines is 2. The molecule has 0 unspecified atom stereocenters. The molecule has 0 spiro atoms. The van der Waals surface area contributed by atoms with Crippen molar-refractivity contribution in [3.63, 3.8) is 0 Å². The maximum absolute atomic E-state index is 12.6. The van der Waals surface area contributed by atoms with Gasteiger partial charge in [0.2, 0.25) is 11.8 Å². The second kappa shape index (κ2) is 8.30. The van der Waals surface area contributed by atoms with Gasteiger partial charge >= 0.3 is 5.97 Å². The Morgan fingerprint density at radius 2 is 1.79 bits per heavy atom. The van der Waals surface area contributed by atoms with E-state index < -0.39 is 11.9 Å². The summed E-state index contributed by atoms with van der Waals surface area (Å²) in [6.07, 6.45) is 1.64. The van der Waals surface area contributed by atoms with Crippen LogP contribution in [0.15, 0.2) is 60.8 Å². The number of aromatic nitrogens is 1. The van der Waals surface area contributed by atoms with Gasteiger partial charge in [-0.05, 0) is 24.3 Å². The van der Waals surface area contributed by atoms with Gasteiger partial charge in [0, 0.05) is 18.5 Å². The summed E-state index contributed by atoms with van der Waals surface area (Å²) >= 11 is 0. The van der Waals surface area contributed by atoms with E-state index in [0.717, 1.165) is 5.39 Å². The molecule has 28 heavy (non-hydrogen) atoms. The third-order valence-electron chi connectivity index (χ3n) is 4.19. The van der Waals surface area contributed by atoms with E-state index in [2.05, 4.69) is 10.3 Å². The lowest BCUT2D eigenvalue weighted by atomic mass is 10.1. The number of carbonyl (C=O) groups is 3. The van der Waals surface area contributed by atoms with Crippen LogP contribution < -0.4 is 10.2 Å². The Morgan fingerprint density at radius 3 is 2.54 bits per heavy atom. The number of fused-ring (bicyclic) bond motifs is 1. The van der Waals surface area contributed by atoms with Gasteiger partial charge < -0.3 is 15.0 Å². The van der Waals surface area contributed by atoms with Gasteiger partial charge in [-0.3, -0.25) is 14.6 Å². The van der Waals surface area contributed by atoms with E-state index in [1.54, 1.807) is 48.7 Å². The Hall–Kier alpha value is -3.74. The van der Waals surface area contributed by atoms with E-state index in [1.165, 1.54) is 18.9 Å². The molecule has 2 amide bonds. The highest BCUT2D eigenvalue weighted by molar-refractivity contribution is 6.08.